The van der Waals surface area contributed by atoms with Gasteiger partial charge in [0.25, 0.3) is 0 Å². The van der Waals surface area contributed by atoms with Crippen LogP contribution in [0.5, 0.6) is 0 Å². The van der Waals surface area contributed by atoms with Gasteiger partial charge in [-0.1, -0.05) is 19.6 Å². The molecule has 25 heavy (non-hydrogen) atoms. The lowest BCUT2D eigenvalue weighted by atomic mass is 9.91. The number of amides is 1. The molecule has 8 nitrogen and oxygen atoms in total. The van der Waals surface area contributed by atoms with E-state index in [0.29, 0.717) is 6.42 Å². The van der Waals surface area contributed by atoms with E-state index in [9.17, 15) is 14.4 Å². The van der Waals surface area contributed by atoms with E-state index in [-0.39, 0.29) is 13.0 Å². The van der Waals surface area contributed by atoms with Crippen molar-refractivity contribution in [1.29, 1.82) is 0 Å². The van der Waals surface area contributed by atoms with Crippen LogP contribution in [0.25, 0.3) is 0 Å². The Morgan fingerprint density at radius 3 is 2.40 bits per heavy atom. The van der Waals surface area contributed by atoms with Crippen molar-refractivity contribution in [2.24, 2.45) is 5.92 Å². The lowest BCUT2D eigenvalue weighted by molar-refractivity contribution is -0.166. The van der Waals surface area contributed by atoms with E-state index in [1.807, 2.05) is 0 Å². The summed E-state index contributed by atoms with van der Waals surface area (Å²) in [5.74, 6) is -1.93. The van der Waals surface area contributed by atoms with Crippen LogP contribution in [0.1, 0.15) is 40.5 Å². The van der Waals surface area contributed by atoms with Gasteiger partial charge >= 0.3 is 18.0 Å². The Bertz CT molecular complexity index is 512. The highest BCUT2D eigenvalue weighted by Gasteiger charge is 2.51. The average molecular weight is 357 g/mol. The molecule has 1 aliphatic heterocycles. The van der Waals surface area contributed by atoms with E-state index in [1.54, 1.807) is 27.7 Å². The zero-order valence-electron chi connectivity index (χ0n) is 15.4. The standard InChI is InChI=1S/C17H27NO7/c1-7-9-23-15(20)14-11(8-2)18(16(21)24-17(3,4)5)25-12(14)10-13(19)22-6/h7,11-12,14H,1,8-10H2,2-6H3/t11-,12+,14-/m1/s1. The number of carbonyl (C=O) groups excluding carboxylic acids is 3. The minimum Gasteiger partial charge on any atom is -0.469 e. The number of hydrogen-bond donors (Lipinski definition) is 0. The van der Waals surface area contributed by atoms with Crippen LogP contribution in [0.2, 0.25) is 0 Å². The number of rotatable bonds is 6. The number of esters is 2. The molecule has 1 fully saturated rings. The van der Waals surface area contributed by atoms with Crippen molar-refractivity contribution in [3.05, 3.63) is 12.7 Å². The predicted octanol–water partition coefficient (Wildman–Crippen LogP) is 2.22. The van der Waals surface area contributed by atoms with E-state index < -0.39 is 41.7 Å². The monoisotopic (exact) mass is 357 g/mol. The van der Waals surface area contributed by atoms with Gasteiger partial charge in [0.1, 0.15) is 24.2 Å². The van der Waals surface area contributed by atoms with Gasteiger partial charge in [-0.15, -0.1) is 0 Å². The van der Waals surface area contributed by atoms with Crippen LogP contribution in [0.3, 0.4) is 0 Å². The third-order valence-electron chi connectivity index (χ3n) is 3.57. The number of hydroxylamine groups is 2. The maximum absolute atomic E-state index is 12.4. The molecule has 0 bridgehead atoms. The smallest absolute Gasteiger partial charge is 0.434 e. The predicted molar refractivity (Wildman–Crippen MR) is 88.3 cm³/mol. The Morgan fingerprint density at radius 2 is 1.92 bits per heavy atom. The van der Waals surface area contributed by atoms with Crippen molar-refractivity contribution in [2.45, 2.75) is 58.3 Å². The SMILES string of the molecule is C=CCOC(=O)[C@H]1[C@H](CC(=O)OC)ON(C(=O)OC(C)(C)C)[C@@H]1CC. The lowest BCUT2D eigenvalue weighted by Crippen LogP contribution is -2.42. The summed E-state index contributed by atoms with van der Waals surface area (Å²) in [7, 11) is 1.24. The number of carbonyl (C=O) groups is 3. The fourth-order valence-electron chi connectivity index (χ4n) is 2.55. The summed E-state index contributed by atoms with van der Waals surface area (Å²) >= 11 is 0. The minimum absolute atomic E-state index is 0.0309. The summed E-state index contributed by atoms with van der Waals surface area (Å²) in [6.45, 7) is 10.5. The second kappa shape index (κ2) is 8.84. The van der Waals surface area contributed by atoms with E-state index in [4.69, 9.17) is 14.3 Å². The van der Waals surface area contributed by atoms with Gasteiger partial charge in [-0.3, -0.25) is 14.4 Å². The topological polar surface area (TPSA) is 91.4 Å². The maximum atomic E-state index is 12.4. The molecule has 1 aliphatic rings. The van der Waals surface area contributed by atoms with Crippen LogP contribution in [0.4, 0.5) is 4.79 Å². The highest BCUT2D eigenvalue weighted by molar-refractivity contribution is 5.78. The van der Waals surface area contributed by atoms with E-state index in [2.05, 4.69) is 11.3 Å². The molecule has 1 saturated heterocycles. The van der Waals surface area contributed by atoms with Gasteiger partial charge in [-0.2, -0.15) is 5.06 Å². The summed E-state index contributed by atoms with van der Waals surface area (Å²) in [5.41, 5.74) is -0.724. The number of methoxy groups -OCH3 is 1. The highest BCUT2D eigenvalue weighted by Crippen LogP contribution is 2.34. The third-order valence-corrected chi connectivity index (χ3v) is 3.57. The molecule has 0 unspecified atom stereocenters. The first kappa shape index (κ1) is 21.0. The summed E-state index contributed by atoms with van der Waals surface area (Å²) in [6, 6.07) is -0.609. The molecule has 8 heteroatoms. The third kappa shape index (κ3) is 5.74. The molecular weight excluding hydrogens is 330 g/mol. The molecule has 0 aromatic heterocycles. The largest absolute Gasteiger partial charge is 0.469 e. The van der Waals surface area contributed by atoms with Gasteiger partial charge in [-0.25, -0.2) is 4.79 Å². The molecule has 0 aromatic carbocycles. The molecule has 1 heterocycles. The normalized spacial score (nSPS) is 23.1. The van der Waals surface area contributed by atoms with Gasteiger partial charge in [0, 0.05) is 0 Å². The Kier molecular flexibility index (Phi) is 7.41. The Balaban J connectivity index is 3.05. The summed E-state index contributed by atoms with van der Waals surface area (Å²) < 4.78 is 15.1. The van der Waals surface area contributed by atoms with Crippen LogP contribution in [-0.4, -0.2) is 54.6 Å². The molecule has 0 saturated carbocycles. The van der Waals surface area contributed by atoms with Crippen molar-refractivity contribution < 1.29 is 33.4 Å². The summed E-state index contributed by atoms with van der Waals surface area (Å²) in [4.78, 5) is 42.1. The zero-order chi connectivity index (χ0) is 19.2. The number of nitrogens with zero attached hydrogens (tertiary/aromatic N) is 1. The average Bonchev–Trinajstić information content (AvgIpc) is 2.89. The number of hydrogen-bond acceptors (Lipinski definition) is 7. The van der Waals surface area contributed by atoms with Crippen LogP contribution in [0, 0.1) is 5.92 Å². The Hall–Kier alpha value is -2.09. The van der Waals surface area contributed by atoms with Gasteiger partial charge in [-0.05, 0) is 27.2 Å². The van der Waals surface area contributed by atoms with Gasteiger partial charge < -0.3 is 14.2 Å². The summed E-state index contributed by atoms with van der Waals surface area (Å²) in [5, 5.41) is 1.03. The van der Waals surface area contributed by atoms with Crippen LogP contribution < -0.4 is 0 Å². The van der Waals surface area contributed by atoms with Crippen LogP contribution in [-0.2, 0) is 28.6 Å². The van der Waals surface area contributed by atoms with Crippen molar-refractivity contribution in [1.82, 2.24) is 5.06 Å². The maximum Gasteiger partial charge on any atom is 0.434 e. The first-order chi connectivity index (χ1) is 11.6. The van der Waals surface area contributed by atoms with Crippen LogP contribution >= 0.6 is 0 Å². The van der Waals surface area contributed by atoms with Gasteiger partial charge in [0.2, 0.25) is 0 Å². The zero-order valence-corrected chi connectivity index (χ0v) is 15.4. The fourth-order valence-corrected chi connectivity index (χ4v) is 2.55. The highest BCUT2D eigenvalue weighted by atomic mass is 16.7. The van der Waals surface area contributed by atoms with Crippen molar-refractivity contribution in [2.75, 3.05) is 13.7 Å². The van der Waals surface area contributed by atoms with Crippen molar-refractivity contribution in [3.8, 4) is 0 Å². The molecule has 0 N–H and O–H groups in total. The Morgan fingerprint density at radius 1 is 1.28 bits per heavy atom. The fraction of sp³-hybridized carbons (Fsp3) is 0.706. The van der Waals surface area contributed by atoms with Crippen LogP contribution in [0.15, 0.2) is 12.7 Å². The first-order valence-electron chi connectivity index (χ1n) is 8.17. The number of ether oxygens (including phenoxy) is 3. The molecule has 0 spiro atoms. The molecule has 0 aliphatic carbocycles. The van der Waals surface area contributed by atoms with E-state index in [0.717, 1.165) is 5.06 Å². The molecule has 0 radical (unpaired) electrons. The van der Waals surface area contributed by atoms with E-state index in [1.165, 1.54) is 13.2 Å². The second-order valence-electron chi connectivity index (χ2n) is 6.65. The molecule has 142 valence electrons. The second-order valence-corrected chi connectivity index (χ2v) is 6.65. The van der Waals surface area contributed by atoms with E-state index >= 15 is 0 Å². The van der Waals surface area contributed by atoms with Crippen molar-refractivity contribution >= 4 is 18.0 Å². The summed E-state index contributed by atoms with van der Waals surface area (Å²) in [6.07, 6.45) is 0.0936. The Labute approximate surface area is 148 Å². The van der Waals surface area contributed by atoms with Gasteiger partial charge in [0.15, 0.2) is 0 Å². The molecular formula is C17H27NO7. The molecule has 1 amide bonds. The quantitative estimate of drug-likeness (QED) is 0.409. The van der Waals surface area contributed by atoms with Gasteiger partial charge in [0.05, 0.1) is 19.6 Å². The molecule has 0 aromatic rings. The molecule has 1 rings (SSSR count). The van der Waals surface area contributed by atoms with Crippen molar-refractivity contribution in [3.63, 3.8) is 0 Å². The molecule has 3 atom stereocenters. The minimum atomic E-state index is -0.873. The first-order valence-corrected chi connectivity index (χ1v) is 8.17. The lowest BCUT2D eigenvalue weighted by Gasteiger charge is -2.27.